The number of carbonyl (C=O) groups excluding carboxylic acids is 1. The Labute approximate surface area is 149 Å². The first-order valence-electron chi connectivity index (χ1n) is 7.71. The van der Waals surface area contributed by atoms with Crippen LogP contribution in [0.25, 0.3) is 10.6 Å². The number of hydrogen-bond donors (Lipinski definition) is 0. The fraction of sp³-hybridized carbons (Fsp3) is 0.353. The van der Waals surface area contributed by atoms with Crippen molar-refractivity contribution >= 4 is 28.3 Å². The minimum absolute atomic E-state index is 0.0781. The van der Waals surface area contributed by atoms with Gasteiger partial charge >= 0.3 is 0 Å². The van der Waals surface area contributed by atoms with Crippen LogP contribution in [-0.2, 0) is 5.75 Å². The predicted molar refractivity (Wildman–Crippen MR) is 98.0 cm³/mol. The number of pyridine rings is 1. The SMILES string of the molecule is CN1CCN(C(=O)SCc2ccc(-c3cccs3)nc2C#N)CC1. The lowest BCUT2D eigenvalue weighted by Gasteiger charge is -2.32. The Bertz CT molecular complexity index is 746. The molecule has 1 fully saturated rings. The van der Waals surface area contributed by atoms with Gasteiger partial charge in [0.15, 0.2) is 0 Å². The standard InChI is InChI=1S/C17H18N4OS2/c1-20-6-8-21(9-7-20)17(22)24-12-13-4-5-14(19-15(13)11-18)16-3-2-10-23-16/h2-5,10H,6-9,12H2,1H3. The van der Waals surface area contributed by atoms with E-state index in [0.717, 1.165) is 42.3 Å². The fourth-order valence-electron chi connectivity index (χ4n) is 2.48. The lowest BCUT2D eigenvalue weighted by Crippen LogP contribution is -2.45. The molecule has 3 rings (SSSR count). The van der Waals surface area contributed by atoms with Gasteiger partial charge in [0.1, 0.15) is 11.8 Å². The maximum absolute atomic E-state index is 12.3. The van der Waals surface area contributed by atoms with Crippen molar-refractivity contribution in [1.82, 2.24) is 14.8 Å². The van der Waals surface area contributed by atoms with Gasteiger partial charge in [0, 0.05) is 31.9 Å². The highest BCUT2D eigenvalue weighted by atomic mass is 32.2. The van der Waals surface area contributed by atoms with Gasteiger partial charge in [-0.3, -0.25) is 4.79 Å². The van der Waals surface area contributed by atoms with Crippen LogP contribution >= 0.6 is 23.1 Å². The number of rotatable bonds is 3. The predicted octanol–water partition coefficient (Wildman–Crippen LogP) is 3.28. The number of nitriles is 1. The molecule has 7 heteroatoms. The maximum atomic E-state index is 12.3. The van der Waals surface area contributed by atoms with Crippen molar-refractivity contribution < 1.29 is 4.79 Å². The van der Waals surface area contributed by atoms with E-state index >= 15 is 0 Å². The molecule has 0 N–H and O–H groups in total. The van der Waals surface area contributed by atoms with E-state index in [2.05, 4.69) is 23.0 Å². The van der Waals surface area contributed by atoms with Gasteiger partial charge in [0.2, 0.25) is 0 Å². The second kappa shape index (κ2) is 7.79. The molecule has 0 atom stereocenters. The zero-order valence-corrected chi connectivity index (χ0v) is 15.1. The molecule has 1 aliphatic rings. The largest absolute Gasteiger partial charge is 0.331 e. The number of thioether (sulfide) groups is 1. The minimum atomic E-state index is 0.0781. The summed E-state index contributed by atoms with van der Waals surface area (Å²) in [5.41, 5.74) is 2.02. The topological polar surface area (TPSA) is 60.2 Å². The van der Waals surface area contributed by atoms with Gasteiger partial charge in [-0.1, -0.05) is 23.9 Å². The van der Waals surface area contributed by atoms with Crippen LogP contribution < -0.4 is 0 Å². The summed E-state index contributed by atoms with van der Waals surface area (Å²) in [6.45, 7) is 3.35. The third kappa shape index (κ3) is 3.96. The summed E-state index contributed by atoms with van der Waals surface area (Å²) >= 11 is 2.85. The summed E-state index contributed by atoms with van der Waals surface area (Å²) in [5.74, 6) is 0.478. The highest BCUT2D eigenvalue weighted by Gasteiger charge is 2.20. The molecule has 0 aliphatic carbocycles. The van der Waals surface area contributed by atoms with Crippen LogP contribution in [0.15, 0.2) is 29.6 Å². The van der Waals surface area contributed by atoms with Crippen LogP contribution in [0.4, 0.5) is 4.79 Å². The molecule has 124 valence electrons. The number of amides is 1. The molecule has 0 spiro atoms. The summed E-state index contributed by atoms with van der Waals surface area (Å²) in [7, 11) is 2.06. The van der Waals surface area contributed by atoms with Gasteiger partial charge in [-0.25, -0.2) is 4.98 Å². The zero-order chi connectivity index (χ0) is 16.9. The monoisotopic (exact) mass is 358 g/mol. The van der Waals surface area contributed by atoms with Gasteiger partial charge in [-0.2, -0.15) is 5.26 Å². The second-order valence-electron chi connectivity index (χ2n) is 5.64. The Kier molecular flexibility index (Phi) is 5.51. The summed E-state index contributed by atoms with van der Waals surface area (Å²) < 4.78 is 0. The first kappa shape index (κ1) is 17.0. The molecule has 3 heterocycles. The first-order chi connectivity index (χ1) is 11.7. The molecule has 2 aromatic rings. The van der Waals surface area contributed by atoms with E-state index < -0.39 is 0 Å². The van der Waals surface area contributed by atoms with Gasteiger partial charge in [-0.05, 0) is 30.1 Å². The van der Waals surface area contributed by atoms with Gasteiger partial charge < -0.3 is 9.80 Å². The molecule has 2 aromatic heterocycles. The normalized spacial score (nSPS) is 15.2. The third-order valence-electron chi connectivity index (χ3n) is 3.97. The molecule has 0 radical (unpaired) electrons. The summed E-state index contributed by atoms with van der Waals surface area (Å²) in [4.78, 5) is 21.9. The Morgan fingerprint density at radius 3 is 2.79 bits per heavy atom. The quantitative estimate of drug-likeness (QED) is 0.843. The molecule has 24 heavy (non-hydrogen) atoms. The van der Waals surface area contributed by atoms with Crippen LogP contribution in [0.1, 0.15) is 11.3 Å². The van der Waals surface area contributed by atoms with Crippen molar-refractivity contribution in [3.8, 4) is 16.6 Å². The number of likely N-dealkylation sites (N-methyl/N-ethyl adjacent to an activating group) is 1. The molecule has 1 saturated heterocycles. The molecule has 0 aromatic carbocycles. The van der Waals surface area contributed by atoms with E-state index in [4.69, 9.17) is 0 Å². The second-order valence-corrected chi connectivity index (χ2v) is 7.51. The van der Waals surface area contributed by atoms with E-state index in [1.165, 1.54) is 11.8 Å². The number of thiophene rings is 1. The van der Waals surface area contributed by atoms with E-state index in [9.17, 15) is 10.1 Å². The van der Waals surface area contributed by atoms with E-state index in [1.54, 1.807) is 11.3 Å². The summed E-state index contributed by atoms with van der Waals surface area (Å²) in [6.07, 6.45) is 0. The molecule has 0 saturated carbocycles. The van der Waals surface area contributed by atoms with Gasteiger partial charge in [0.05, 0.1) is 10.6 Å². The fourth-order valence-corrected chi connectivity index (χ4v) is 4.05. The smallest absolute Gasteiger partial charge is 0.282 e. The highest BCUT2D eigenvalue weighted by Crippen LogP contribution is 2.25. The van der Waals surface area contributed by atoms with Gasteiger partial charge in [-0.15, -0.1) is 11.3 Å². The van der Waals surface area contributed by atoms with Crippen LogP contribution in [0.2, 0.25) is 0 Å². The van der Waals surface area contributed by atoms with Crippen molar-refractivity contribution in [2.45, 2.75) is 5.75 Å². The Hall–Kier alpha value is -1.88. The first-order valence-corrected chi connectivity index (χ1v) is 9.58. The molecule has 0 unspecified atom stereocenters. The average molecular weight is 358 g/mol. The molecule has 1 amide bonds. The molecule has 5 nitrogen and oxygen atoms in total. The number of aromatic nitrogens is 1. The van der Waals surface area contributed by atoms with E-state index in [1.807, 2.05) is 34.5 Å². The Morgan fingerprint density at radius 1 is 1.33 bits per heavy atom. The van der Waals surface area contributed by atoms with E-state index in [-0.39, 0.29) is 5.24 Å². The molecular weight excluding hydrogens is 340 g/mol. The van der Waals surface area contributed by atoms with Crippen molar-refractivity contribution in [2.75, 3.05) is 33.2 Å². The number of carbonyl (C=O) groups is 1. The van der Waals surface area contributed by atoms with Crippen molar-refractivity contribution in [2.24, 2.45) is 0 Å². The number of piperazine rings is 1. The van der Waals surface area contributed by atoms with E-state index in [0.29, 0.717) is 11.4 Å². The number of nitrogens with zero attached hydrogens (tertiary/aromatic N) is 4. The van der Waals surface area contributed by atoms with Crippen LogP contribution in [0.3, 0.4) is 0 Å². The van der Waals surface area contributed by atoms with Crippen LogP contribution in [0.5, 0.6) is 0 Å². The van der Waals surface area contributed by atoms with Crippen molar-refractivity contribution in [3.63, 3.8) is 0 Å². The average Bonchev–Trinajstić information content (AvgIpc) is 3.14. The maximum Gasteiger partial charge on any atom is 0.282 e. The minimum Gasteiger partial charge on any atom is -0.331 e. The van der Waals surface area contributed by atoms with Crippen molar-refractivity contribution in [1.29, 1.82) is 5.26 Å². The lowest BCUT2D eigenvalue weighted by atomic mass is 10.2. The Balaban J connectivity index is 1.65. The highest BCUT2D eigenvalue weighted by molar-refractivity contribution is 8.12. The van der Waals surface area contributed by atoms with Gasteiger partial charge in [0.25, 0.3) is 5.24 Å². The third-order valence-corrected chi connectivity index (χ3v) is 5.82. The molecule has 0 bridgehead atoms. The lowest BCUT2D eigenvalue weighted by molar-refractivity contribution is 0.172. The number of hydrogen-bond acceptors (Lipinski definition) is 6. The van der Waals surface area contributed by atoms with Crippen LogP contribution in [0, 0.1) is 11.3 Å². The zero-order valence-electron chi connectivity index (χ0n) is 13.4. The van der Waals surface area contributed by atoms with Crippen LogP contribution in [-0.4, -0.2) is 53.2 Å². The molecular formula is C17H18N4OS2. The van der Waals surface area contributed by atoms with Crippen molar-refractivity contribution in [3.05, 3.63) is 40.9 Å². The summed E-state index contributed by atoms with van der Waals surface area (Å²) in [5, 5.41) is 11.4. The molecule has 1 aliphatic heterocycles. The Morgan fingerprint density at radius 2 is 2.12 bits per heavy atom. The summed E-state index contributed by atoms with van der Waals surface area (Å²) in [6, 6.07) is 9.93.